The average Bonchev–Trinajstić information content (AvgIpc) is 3.75. The first-order chi connectivity index (χ1) is 33.6. The molecule has 3 heterocycles. The summed E-state index contributed by atoms with van der Waals surface area (Å²) in [6.07, 6.45) is 0. The van der Waals surface area contributed by atoms with E-state index in [-0.39, 0.29) is 23.0 Å². The van der Waals surface area contributed by atoms with Crippen molar-refractivity contribution in [2.24, 2.45) is 0 Å². The van der Waals surface area contributed by atoms with Crippen LogP contribution in [0.25, 0.3) is 55.3 Å². The summed E-state index contributed by atoms with van der Waals surface area (Å²) in [7, 11) is 0. The number of nitrogens with zero attached hydrogens (tertiary/aromatic N) is 2. The van der Waals surface area contributed by atoms with Gasteiger partial charge in [0.15, 0.2) is 0 Å². The quantitative estimate of drug-likeness (QED) is 0.160. The lowest BCUT2D eigenvalue weighted by molar-refractivity contribution is 0.589. The molecule has 0 aliphatic carbocycles. The fourth-order valence-corrected chi connectivity index (χ4v) is 11.1. The molecule has 10 aromatic rings. The van der Waals surface area contributed by atoms with Crippen molar-refractivity contribution >= 4 is 79.2 Å². The van der Waals surface area contributed by atoms with Crippen molar-refractivity contribution in [2.75, 3.05) is 9.80 Å². The van der Waals surface area contributed by atoms with Crippen LogP contribution >= 0.6 is 0 Å². The van der Waals surface area contributed by atoms with Crippen LogP contribution in [0.4, 0.5) is 34.1 Å². The van der Waals surface area contributed by atoms with Gasteiger partial charge in [-0.25, -0.2) is 0 Å². The highest BCUT2D eigenvalue weighted by molar-refractivity contribution is 7.00. The first kappa shape index (κ1) is 43.7. The first-order valence-corrected chi connectivity index (χ1v) is 24.9. The molecule has 0 N–H and O–H groups in total. The molecule has 0 spiro atoms. The van der Waals surface area contributed by atoms with Crippen molar-refractivity contribution in [3.8, 4) is 33.4 Å². The summed E-state index contributed by atoms with van der Waals surface area (Å²) in [4.78, 5) is 5.18. The third kappa shape index (κ3) is 7.18. The minimum Gasteiger partial charge on any atom is -0.455 e. The van der Waals surface area contributed by atoms with Crippen LogP contribution in [0.1, 0.15) is 79.0 Å². The molecule has 70 heavy (non-hydrogen) atoms. The molecule has 3 nitrogen and oxygen atoms in total. The highest BCUT2D eigenvalue weighted by atomic mass is 16.3. The third-order valence-corrected chi connectivity index (χ3v) is 14.9. The Labute approximate surface area is 414 Å². The van der Waals surface area contributed by atoms with Crippen LogP contribution in [0.2, 0.25) is 0 Å². The number of para-hydroxylation sites is 2. The lowest BCUT2D eigenvalue weighted by atomic mass is 9.33. The lowest BCUT2D eigenvalue weighted by Crippen LogP contribution is -2.61. The van der Waals surface area contributed by atoms with E-state index >= 15 is 0 Å². The Hall–Kier alpha value is -7.56. The second-order valence-electron chi connectivity index (χ2n) is 22.6. The van der Waals surface area contributed by atoms with Crippen LogP contribution in [0.3, 0.4) is 0 Å². The van der Waals surface area contributed by atoms with Gasteiger partial charge in [0.25, 0.3) is 6.71 Å². The van der Waals surface area contributed by atoms with Crippen molar-refractivity contribution in [1.82, 2.24) is 0 Å². The predicted molar refractivity (Wildman–Crippen MR) is 300 cm³/mol. The Morgan fingerprint density at radius 3 is 1.61 bits per heavy atom. The number of hydrogen-bond donors (Lipinski definition) is 0. The standard InChI is InChI=1S/C66H59BN2O/c1-64(2,3)46-31-36-56(53(38-46)43-21-14-11-15-22-43)69-58-39-47(65(4,5)6)30-34-54(58)67-55-37-45(42-19-12-10-13-20-42)29-35-57(55)68(59-40-48(66(7,8)9)41-60(69)62(59)67)49-32-27-44(28-33-49)50-24-18-25-52-51-23-16-17-26-61(51)70-63(50)52/h10-41H,1-9H3. The van der Waals surface area contributed by atoms with E-state index in [1.54, 1.807) is 0 Å². The lowest BCUT2D eigenvalue weighted by Gasteiger charge is -2.46. The van der Waals surface area contributed by atoms with Crippen LogP contribution in [-0.4, -0.2) is 6.71 Å². The number of rotatable bonds is 5. The average molecular weight is 907 g/mol. The maximum Gasteiger partial charge on any atom is 0.252 e. The number of hydrogen-bond acceptors (Lipinski definition) is 3. The van der Waals surface area contributed by atoms with Gasteiger partial charge in [-0.1, -0.05) is 202 Å². The van der Waals surface area contributed by atoms with Crippen molar-refractivity contribution in [2.45, 2.75) is 78.6 Å². The fraction of sp³-hybridized carbons (Fsp3) is 0.182. The van der Waals surface area contributed by atoms with Gasteiger partial charge in [-0.2, -0.15) is 0 Å². The molecule has 0 atom stereocenters. The van der Waals surface area contributed by atoms with Gasteiger partial charge in [0.2, 0.25) is 0 Å². The maximum atomic E-state index is 6.56. The van der Waals surface area contributed by atoms with E-state index in [9.17, 15) is 0 Å². The van der Waals surface area contributed by atoms with Gasteiger partial charge in [-0.3, -0.25) is 0 Å². The van der Waals surface area contributed by atoms with Gasteiger partial charge in [0.05, 0.1) is 5.69 Å². The van der Waals surface area contributed by atoms with Gasteiger partial charge >= 0.3 is 0 Å². The van der Waals surface area contributed by atoms with Gasteiger partial charge in [-0.05, 0) is 126 Å². The molecule has 342 valence electrons. The molecule has 0 fully saturated rings. The van der Waals surface area contributed by atoms with Crippen molar-refractivity contribution in [1.29, 1.82) is 0 Å². The Kier molecular flexibility index (Phi) is 9.99. The molecule has 0 unspecified atom stereocenters. The molecule has 0 amide bonds. The molecule has 0 radical (unpaired) electrons. The van der Waals surface area contributed by atoms with Gasteiger partial charge in [0, 0.05) is 50.3 Å². The molecule has 1 aromatic heterocycles. The monoisotopic (exact) mass is 906 g/mol. The second kappa shape index (κ2) is 16.0. The zero-order valence-electron chi connectivity index (χ0n) is 41.9. The normalized spacial score (nSPS) is 13.4. The summed E-state index contributed by atoms with van der Waals surface area (Å²) in [5, 5.41) is 2.27. The van der Waals surface area contributed by atoms with Gasteiger partial charge in [-0.15, -0.1) is 0 Å². The first-order valence-electron chi connectivity index (χ1n) is 24.9. The molecular weight excluding hydrogens is 848 g/mol. The smallest absolute Gasteiger partial charge is 0.252 e. The van der Waals surface area contributed by atoms with E-state index in [1.807, 2.05) is 6.07 Å². The van der Waals surface area contributed by atoms with E-state index in [1.165, 1.54) is 83.8 Å². The van der Waals surface area contributed by atoms with Crippen molar-refractivity contribution in [3.05, 3.63) is 211 Å². The largest absolute Gasteiger partial charge is 0.455 e. The Morgan fingerprint density at radius 2 is 0.914 bits per heavy atom. The number of benzene rings is 9. The van der Waals surface area contributed by atoms with Crippen molar-refractivity contribution < 1.29 is 4.42 Å². The summed E-state index contributed by atoms with van der Waals surface area (Å²) in [6, 6.07) is 72.6. The molecule has 0 bridgehead atoms. The van der Waals surface area contributed by atoms with E-state index in [2.05, 4.69) is 260 Å². The highest BCUT2D eigenvalue weighted by Crippen LogP contribution is 2.50. The Balaban J connectivity index is 1.15. The van der Waals surface area contributed by atoms with Crippen LogP contribution in [-0.2, 0) is 16.2 Å². The molecule has 0 saturated heterocycles. The summed E-state index contributed by atoms with van der Waals surface area (Å²) < 4.78 is 6.56. The van der Waals surface area contributed by atoms with E-state index in [4.69, 9.17) is 4.42 Å². The molecule has 12 rings (SSSR count). The number of fused-ring (bicyclic) bond motifs is 7. The predicted octanol–water partition coefficient (Wildman–Crippen LogP) is 16.6. The SMILES string of the molecule is CC(C)(C)c1ccc(N2c3cc(C(C)(C)C)ccc3B3c4cc(-c5ccccc5)ccc4N(c4ccc(-c5cccc6c5oc5ccccc56)cc4)c4cc(C(C)(C)C)cc2c43)c(-c2ccccc2)c1. The van der Waals surface area contributed by atoms with E-state index < -0.39 is 0 Å². The molecular formula is C66H59BN2O. The minimum absolute atomic E-state index is 0.0341. The van der Waals surface area contributed by atoms with Crippen LogP contribution in [0, 0.1) is 0 Å². The van der Waals surface area contributed by atoms with Crippen LogP contribution in [0.15, 0.2) is 199 Å². The van der Waals surface area contributed by atoms with Crippen LogP contribution < -0.4 is 26.2 Å². The summed E-state index contributed by atoms with van der Waals surface area (Å²) >= 11 is 0. The van der Waals surface area contributed by atoms with Gasteiger partial charge in [0.1, 0.15) is 11.2 Å². The minimum atomic E-state index is -0.156. The summed E-state index contributed by atoms with van der Waals surface area (Å²) in [6.45, 7) is 21.0. The second-order valence-corrected chi connectivity index (χ2v) is 22.6. The molecule has 2 aliphatic heterocycles. The zero-order chi connectivity index (χ0) is 48.3. The molecule has 4 heteroatoms. The molecule has 2 aliphatic rings. The van der Waals surface area contributed by atoms with E-state index in [0.29, 0.717) is 0 Å². The summed E-state index contributed by atoms with van der Waals surface area (Å²) in [5.41, 5.74) is 23.6. The summed E-state index contributed by atoms with van der Waals surface area (Å²) in [5.74, 6) is 0. The van der Waals surface area contributed by atoms with Crippen molar-refractivity contribution in [3.63, 3.8) is 0 Å². The molecule has 0 saturated carbocycles. The number of furan rings is 1. The Bertz CT molecular complexity index is 3660. The third-order valence-electron chi connectivity index (χ3n) is 14.9. The zero-order valence-corrected chi connectivity index (χ0v) is 41.9. The maximum absolute atomic E-state index is 6.56. The highest BCUT2D eigenvalue weighted by Gasteiger charge is 2.45. The Morgan fingerprint density at radius 1 is 0.357 bits per heavy atom. The molecule has 9 aromatic carbocycles. The fourth-order valence-electron chi connectivity index (χ4n) is 11.1. The van der Waals surface area contributed by atoms with E-state index in [0.717, 1.165) is 38.8 Å². The van der Waals surface area contributed by atoms with Gasteiger partial charge < -0.3 is 14.2 Å². The topological polar surface area (TPSA) is 19.6 Å². The number of anilines is 6. The van der Waals surface area contributed by atoms with Crippen LogP contribution in [0.5, 0.6) is 0 Å².